The maximum absolute atomic E-state index is 12.9. The Morgan fingerprint density at radius 3 is 1.63 bits per heavy atom. The molecule has 0 saturated carbocycles. The van der Waals surface area contributed by atoms with Crippen LogP contribution < -0.4 is 0 Å². The van der Waals surface area contributed by atoms with E-state index >= 15 is 0 Å². The van der Waals surface area contributed by atoms with Gasteiger partial charge in [-0.2, -0.15) is 26.3 Å². The minimum atomic E-state index is -5.81. The summed E-state index contributed by atoms with van der Waals surface area (Å²) in [6.07, 6.45) is -15.6. The van der Waals surface area contributed by atoms with E-state index in [4.69, 9.17) is 4.74 Å². The molecule has 0 aliphatic carbocycles. The van der Waals surface area contributed by atoms with E-state index < -0.39 is 47.8 Å². The van der Waals surface area contributed by atoms with Gasteiger partial charge in [0.25, 0.3) is 6.10 Å². The van der Waals surface area contributed by atoms with E-state index in [1.54, 1.807) is 6.92 Å². The first-order valence-electron chi connectivity index (χ1n) is 9.64. The van der Waals surface area contributed by atoms with Gasteiger partial charge in [0.2, 0.25) is 0 Å². The highest BCUT2D eigenvalue weighted by atomic mass is 19.4. The van der Waals surface area contributed by atoms with E-state index in [1.807, 2.05) is 34.6 Å². The highest BCUT2D eigenvalue weighted by Gasteiger charge is 2.60. The van der Waals surface area contributed by atoms with E-state index in [9.17, 15) is 35.9 Å². The lowest BCUT2D eigenvalue weighted by Crippen LogP contribution is -2.47. The fourth-order valence-corrected chi connectivity index (χ4v) is 2.87. The van der Waals surface area contributed by atoms with Crippen LogP contribution in [0.5, 0.6) is 0 Å². The summed E-state index contributed by atoms with van der Waals surface area (Å²) in [5, 5.41) is 0. The van der Waals surface area contributed by atoms with E-state index in [0.29, 0.717) is 6.42 Å². The number of halogens is 6. The van der Waals surface area contributed by atoms with Crippen molar-refractivity contribution < 1.29 is 45.4 Å². The summed E-state index contributed by atoms with van der Waals surface area (Å²) in [6.45, 7) is 13.7. The third kappa shape index (κ3) is 8.34. The van der Waals surface area contributed by atoms with Crippen molar-refractivity contribution in [2.24, 2.45) is 16.7 Å². The number of ether oxygens (including phenoxy) is 2. The molecular formula is C20H32F6O4. The van der Waals surface area contributed by atoms with Gasteiger partial charge >= 0.3 is 24.3 Å². The first-order chi connectivity index (χ1) is 13.1. The molecule has 0 radical (unpaired) electrons. The van der Waals surface area contributed by atoms with Crippen molar-refractivity contribution in [3.8, 4) is 0 Å². The molecule has 0 aliphatic heterocycles. The van der Waals surface area contributed by atoms with Crippen LogP contribution in [0, 0.1) is 16.7 Å². The van der Waals surface area contributed by atoms with Crippen molar-refractivity contribution in [1.82, 2.24) is 0 Å². The van der Waals surface area contributed by atoms with Gasteiger partial charge in [0.15, 0.2) is 0 Å². The predicted octanol–water partition coefficient (Wildman–Crippen LogP) is 6.22. The lowest BCUT2D eigenvalue weighted by Gasteiger charge is -2.40. The topological polar surface area (TPSA) is 52.6 Å². The number of alkyl halides is 6. The summed E-state index contributed by atoms with van der Waals surface area (Å²) in [7, 11) is 0. The predicted molar refractivity (Wildman–Crippen MR) is 98.4 cm³/mol. The largest absolute Gasteiger partial charge is 0.459 e. The van der Waals surface area contributed by atoms with Crippen LogP contribution in [0.25, 0.3) is 0 Å². The summed E-state index contributed by atoms with van der Waals surface area (Å²) < 4.78 is 84.5. The summed E-state index contributed by atoms with van der Waals surface area (Å²) in [4.78, 5) is 24.7. The Balaban J connectivity index is 5.41. The zero-order valence-corrected chi connectivity index (χ0v) is 18.7. The monoisotopic (exact) mass is 450 g/mol. The zero-order chi connectivity index (χ0) is 24.3. The third-order valence-corrected chi connectivity index (χ3v) is 5.33. The fraction of sp³-hybridized carbons (Fsp3) is 0.900. The molecule has 10 heteroatoms. The van der Waals surface area contributed by atoms with Gasteiger partial charge in [-0.15, -0.1) is 0 Å². The van der Waals surface area contributed by atoms with E-state index in [1.165, 1.54) is 13.8 Å². The summed E-state index contributed by atoms with van der Waals surface area (Å²) >= 11 is 0. The maximum atomic E-state index is 12.9. The number of rotatable bonds is 9. The molecule has 0 aromatic heterocycles. The molecule has 0 spiro atoms. The van der Waals surface area contributed by atoms with E-state index in [0.717, 1.165) is 6.42 Å². The van der Waals surface area contributed by atoms with Crippen LogP contribution in [0.4, 0.5) is 26.3 Å². The van der Waals surface area contributed by atoms with Gasteiger partial charge in [0.1, 0.15) is 5.60 Å². The van der Waals surface area contributed by atoms with Gasteiger partial charge in [0.05, 0.1) is 11.8 Å². The van der Waals surface area contributed by atoms with Crippen molar-refractivity contribution in [3.63, 3.8) is 0 Å². The normalized spacial score (nSPS) is 15.9. The lowest BCUT2D eigenvalue weighted by molar-refractivity contribution is -0.314. The first kappa shape index (κ1) is 28.5. The maximum Gasteiger partial charge on any atom is 0.434 e. The van der Waals surface area contributed by atoms with Crippen LogP contribution in [-0.4, -0.2) is 36.0 Å². The average molecular weight is 450 g/mol. The van der Waals surface area contributed by atoms with E-state index in [-0.39, 0.29) is 11.3 Å². The Morgan fingerprint density at radius 1 is 0.867 bits per heavy atom. The Morgan fingerprint density at radius 2 is 1.30 bits per heavy atom. The number of hydrogen-bond donors (Lipinski definition) is 0. The van der Waals surface area contributed by atoms with Gasteiger partial charge in [-0.1, -0.05) is 41.0 Å². The smallest absolute Gasteiger partial charge is 0.434 e. The van der Waals surface area contributed by atoms with Crippen LogP contribution in [0.3, 0.4) is 0 Å². The molecule has 1 atom stereocenters. The molecule has 178 valence electrons. The molecule has 1 unspecified atom stereocenters. The van der Waals surface area contributed by atoms with Gasteiger partial charge in [0, 0.05) is 0 Å². The van der Waals surface area contributed by atoms with Crippen LogP contribution in [-0.2, 0) is 19.1 Å². The Hall–Kier alpha value is -1.48. The summed E-state index contributed by atoms with van der Waals surface area (Å²) in [6, 6.07) is 0. The molecule has 0 bridgehead atoms. The molecule has 0 fully saturated rings. The van der Waals surface area contributed by atoms with Crippen LogP contribution in [0.15, 0.2) is 0 Å². The van der Waals surface area contributed by atoms with Crippen molar-refractivity contribution in [3.05, 3.63) is 0 Å². The fourth-order valence-electron chi connectivity index (χ4n) is 2.87. The number of hydrogen-bond acceptors (Lipinski definition) is 4. The van der Waals surface area contributed by atoms with Crippen LogP contribution in [0.1, 0.15) is 74.7 Å². The average Bonchev–Trinajstić information content (AvgIpc) is 2.48. The zero-order valence-electron chi connectivity index (χ0n) is 18.7. The molecule has 30 heavy (non-hydrogen) atoms. The minimum absolute atomic E-state index is 0.168. The Kier molecular flexibility index (Phi) is 8.88. The highest BCUT2D eigenvalue weighted by molar-refractivity contribution is 5.78. The van der Waals surface area contributed by atoms with E-state index in [2.05, 4.69) is 4.74 Å². The van der Waals surface area contributed by atoms with Crippen molar-refractivity contribution in [2.75, 3.05) is 0 Å². The first-order valence-corrected chi connectivity index (χ1v) is 9.64. The number of carbonyl (C=O) groups is 2. The molecule has 0 saturated heterocycles. The molecule has 0 aromatic carbocycles. The number of carbonyl (C=O) groups excluding carboxylic acids is 2. The highest BCUT2D eigenvalue weighted by Crippen LogP contribution is 2.43. The lowest BCUT2D eigenvalue weighted by atomic mass is 9.67. The van der Waals surface area contributed by atoms with Gasteiger partial charge in [-0.3, -0.25) is 9.59 Å². The van der Waals surface area contributed by atoms with Crippen molar-refractivity contribution in [2.45, 2.75) is 98.7 Å². The Labute approximate surface area is 173 Å². The second kappa shape index (κ2) is 9.34. The second-order valence-corrected chi connectivity index (χ2v) is 9.55. The Bertz CT molecular complexity index is 593. The number of esters is 2. The molecule has 0 aliphatic rings. The molecule has 0 aromatic rings. The molecule has 0 N–H and O–H groups in total. The molecule has 4 nitrogen and oxygen atoms in total. The molecule has 0 amide bonds. The van der Waals surface area contributed by atoms with Crippen LogP contribution >= 0.6 is 0 Å². The summed E-state index contributed by atoms with van der Waals surface area (Å²) in [5.74, 6) is -2.62. The quantitative estimate of drug-likeness (QED) is 0.309. The van der Waals surface area contributed by atoms with Gasteiger partial charge in [-0.05, 0) is 38.5 Å². The third-order valence-electron chi connectivity index (χ3n) is 5.33. The minimum Gasteiger partial charge on any atom is -0.459 e. The van der Waals surface area contributed by atoms with Crippen molar-refractivity contribution in [1.29, 1.82) is 0 Å². The van der Waals surface area contributed by atoms with Gasteiger partial charge < -0.3 is 9.47 Å². The second-order valence-electron chi connectivity index (χ2n) is 9.55. The molecule has 0 rings (SSSR count). The van der Waals surface area contributed by atoms with Gasteiger partial charge in [-0.25, -0.2) is 0 Å². The van der Waals surface area contributed by atoms with Crippen molar-refractivity contribution >= 4 is 11.9 Å². The van der Waals surface area contributed by atoms with Crippen LogP contribution in [0.2, 0.25) is 0 Å². The SMILES string of the molecule is CCC(C)(C)CC(C)(C(=O)OC(C)(C)CC(=O)OC(C(F)(F)F)C(F)(F)F)C(C)C. The molecular weight excluding hydrogens is 418 g/mol. The molecule has 0 heterocycles. The standard InChI is InChI=1S/C20H32F6O4/c1-9-16(4,5)11-18(8,12(2)3)15(28)30-17(6,7)10-13(27)29-14(19(21,22)23)20(24,25)26/h12,14H,9-11H2,1-8H3. The summed E-state index contributed by atoms with van der Waals surface area (Å²) in [5.41, 5.74) is -2.85.